The summed E-state index contributed by atoms with van der Waals surface area (Å²) < 4.78 is 106. The summed E-state index contributed by atoms with van der Waals surface area (Å²) in [5.74, 6) is -4.53. The van der Waals surface area contributed by atoms with Gasteiger partial charge in [0.05, 0.1) is 67.8 Å². The van der Waals surface area contributed by atoms with Crippen molar-refractivity contribution in [1.29, 1.82) is 10.5 Å². The van der Waals surface area contributed by atoms with E-state index in [4.69, 9.17) is 30.0 Å². The van der Waals surface area contributed by atoms with Gasteiger partial charge in [0.25, 0.3) is 0 Å². The van der Waals surface area contributed by atoms with Gasteiger partial charge in [0.1, 0.15) is 59.8 Å². The molecule has 20 heteroatoms. The topological polar surface area (TPSA) is 202 Å². The number of carboxylic acid groups (broad SMARTS) is 2. The van der Waals surface area contributed by atoms with E-state index in [1.807, 2.05) is 12.1 Å². The first-order valence-corrected chi connectivity index (χ1v) is 29.5. The molecule has 4 aliphatic carbocycles. The SMILES string of the molecule is N#Cc1ccc(COc2cccc(-c3cc(F)c(Cc4nc5ccc(C(=O)O)cc5n4C4CCCC45CC5)cc3F)n2)c(F)c1.N#Cc1ccc(COc2cccc(-c3cc(F)c(Cc4nc5ccc(C(=O)O)cc5n4C4CCCC45CC5)cc3F)n2)c(F)c1. The van der Waals surface area contributed by atoms with Crippen LogP contribution >= 0.6 is 0 Å². The highest BCUT2D eigenvalue weighted by molar-refractivity contribution is 5.93. The molecule has 2 spiro atoms. The second-order valence-electron chi connectivity index (χ2n) is 23.7. The maximum Gasteiger partial charge on any atom is 0.335 e. The maximum atomic E-state index is 15.7. The third kappa shape index (κ3) is 11.4. The van der Waals surface area contributed by atoms with Crippen LogP contribution in [0.2, 0.25) is 0 Å². The smallest absolute Gasteiger partial charge is 0.335 e. The third-order valence-corrected chi connectivity index (χ3v) is 18.2. The minimum atomic E-state index is -1.04. The second-order valence-corrected chi connectivity index (χ2v) is 23.7. The summed E-state index contributed by atoms with van der Waals surface area (Å²) in [7, 11) is 0. The van der Waals surface area contributed by atoms with Crippen LogP contribution in [0.3, 0.4) is 0 Å². The van der Waals surface area contributed by atoms with Crippen molar-refractivity contribution >= 4 is 34.0 Å². The van der Waals surface area contributed by atoms with Gasteiger partial charge in [-0.2, -0.15) is 10.5 Å². The molecule has 452 valence electrons. The standard InChI is InChI=1S/2C35H27F3N4O3/c2*36-25-13-20(18-39)6-7-22(25)19-45-33-5-1-3-28(41-33)24-17-26(37)23(14-27(24)38)16-32-40-29-9-8-21(34(43)44)15-30(29)42(32)31-4-2-10-35(31)11-12-35/h2*1,3,5-9,13-15,17,31H,2,4,10-12,16,19H2,(H,43,44). The number of halogens is 6. The fourth-order valence-corrected chi connectivity index (χ4v) is 13.3. The molecular weight excluding hydrogens is 1160 g/mol. The number of carboxylic acids is 2. The zero-order chi connectivity index (χ0) is 62.6. The quantitative estimate of drug-likeness (QED) is 0.0868. The molecule has 0 amide bonds. The second kappa shape index (κ2) is 23.6. The minimum Gasteiger partial charge on any atom is -0.478 e. The Morgan fingerprint density at radius 2 is 0.900 bits per heavy atom. The van der Waals surface area contributed by atoms with E-state index in [0.29, 0.717) is 33.7 Å². The fourth-order valence-electron chi connectivity index (χ4n) is 13.3. The molecule has 2 N–H and O–H groups in total. The van der Waals surface area contributed by atoms with Gasteiger partial charge in [-0.25, -0.2) is 55.9 Å². The summed E-state index contributed by atoms with van der Waals surface area (Å²) in [5, 5.41) is 37.1. The molecule has 14 nitrogen and oxygen atoms in total. The first kappa shape index (κ1) is 58.7. The van der Waals surface area contributed by atoms with E-state index in [1.54, 1.807) is 36.4 Å². The van der Waals surface area contributed by atoms with Gasteiger partial charge in [-0.3, -0.25) is 0 Å². The Bertz CT molecular complexity index is 4350. The Balaban J connectivity index is 0.000000165. The Kier molecular flexibility index (Phi) is 15.4. The number of imidazole rings is 2. The summed E-state index contributed by atoms with van der Waals surface area (Å²) in [6, 6.07) is 35.5. The number of benzene rings is 6. The van der Waals surface area contributed by atoms with Crippen LogP contribution in [-0.2, 0) is 26.1 Å². The van der Waals surface area contributed by atoms with Crippen molar-refractivity contribution in [3.8, 4) is 46.4 Å². The molecule has 0 aliphatic heterocycles. The molecule has 0 bridgehead atoms. The Morgan fingerprint density at radius 1 is 0.489 bits per heavy atom. The first-order chi connectivity index (χ1) is 43.5. The van der Waals surface area contributed by atoms with Gasteiger partial charge in [0.15, 0.2) is 0 Å². The highest BCUT2D eigenvalue weighted by atomic mass is 19.1. The average Bonchev–Trinajstić information content (AvgIpc) is 1.59. The predicted molar refractivity (Wildman–Crippen MR) is 318 cm³/mol. The summed E-state index contributed by atoms with van der Waals surface area (Å²) in [6.45, 7) is -0.331. The molecule has 6 aromatic carbocycles. The molecule has 0 saturated heterocycles. The monoisotopic (exact) mass is 1220 g/mol. The van der Waals surface area contributed by atoms with Crippen LogP contribution in [0, 0.1) is 68.4 Å². The number of aromatic carboxylic acids is 2. The lowest BCUT2D eigenvalue weighted by Crippen LogP contribution is -2.18. The maximum absolute atomic E-state index is 15.7. The number of aromatic nitrogens is 6. The van der Waals surface area contributed by atoms with Crippen LogP contribution in [-0.4, -0.2) is 51.2 Å². The number of fused-ring (bicyclic) bond motifs is 2. The normalized spacial score (nSPS) is 16.6. The zero-order valence-corrected chi connectivity index (χ0v) is 48.1. The molecule has 4 heterocycles. The largest absolute Gasteiger partial charge is 0.478 e. The van der Waals surface area contributed by atoms with Gasteiger partial charge >= 0.3 is 11.9 Å². The number of rotatable bonds is 16. The number of nitriles is 2. The molecule has 2 atom stereocenters. The van der Waals surface area contributed by atoms with E-state index in [1.165, 1.54) is 60.7 Å². The van der Waals surface area contributed by atoms with E-state index >= 15 is 17.6 Å². The molecular formula is C70H54F6N8O6. The zero-order valence-electron chi connectivity index (χ0n) is 48.1. The van der Waals surface area contributed by atoms with Crippen LogP contribution in [0.4, 0.5) is 26.3 Å². The number of pyridine rings is 2. The molecule has 10 aromatic rings. The summed E-state index contributed by atoms with van der Waals surface area (Å²) in [5.41, 5.74) is 4.49. The lowest BCUT2D eigenvalue weighted by Gasteiger charge is -2.24. The number of ether oxygens (including phenoxy) is 2. The van der Waals surface area contributed by atoms with Crippen LogP contribution in [0.15, 0.2) is 133 Å². The molecule has 4 fully saturated rings. The van der Waals surface area contributed by atoms with E-state index in [2.05, 4.69) is 19.1 Å². The van der Waals surface area contributed by atoms with Gasteiger partial charge in [0.2, 0.25) is 11.8 Å². The number of hydrogen-bond donors (Lipinski definition) is 2. The van der Waals surface area contributed by atoms with Crippen LogP contribution < -0.4 is 9.47 Å². The van der Waals surface area contributed by atoms with Crippen molar-refractivity contribution in [1.82, 2.24) is 29.1 Å². The average molecular weight is 1220 g/mol. The molecule has 14 rings (SSSR count). The van der Waals surface area contributed by atoms with Crippen LogP contribution in [0.1, 0.15) is 142 Å². The van der Waals surface area contributed by atoms with Crippen molar-refractivity contribution in [3.63, 3.8) is 0 Å². The van der Waals surface area contributed by atoms with Gasteiger partial charge in [-0.05, 0) is 170 Å². The summed E-state index contributed by atoms with van der Waals surface area (Å²) in [6.07, 6.45) is 10.5. The van der Waals surface area contributed by atoms with E-state index in [-0.39, 0.29) is 128 Å². The first-order valence-electron chi connectivity index (χ1n) is 29.5. The minimum absolute atomic E-state index is 0.0272. The lowest BCUT2D eigenvalue weighted by atomic mass is 9.99. The highest BCUT2D eigenvalue weighted by Crippen LogP contribution is 2.65. The Morgan fingerprint density at radius 3 is 1.28 bits per heavy atom. The molecule has 90 heavy (non-hydrogen) atoms. The number of hydrogen-bond acceptors (Lipinski definition) is 10. The summed E-state index contributed by atoms with van der Waals surface area (Å²) >= 11 is 0. The lowest BCUT2D eigenvalue weighted by molar-refractivity contribution is 0.0686. The van der Waals surface area contributed by atoms with E-state index in [9.17, 15) is 28.6 Å². The predicted octanol–water partition coefficient (Wildman–Crippen LogP) is 15.5. The van der Waals surface area contributed by atoms with Crippen LogP contribution in [0.5, 0.6) is 11.8 Å². The molecule has 2 unspecified atom stereocenters. The number of nitrogens with zero attached hydrogens (tertiary/aromatic N) is 8. The van der Waals surface area contributed by atoms with E-state index < -0.39 is 46.8 Å². The van der Waals surface area contributed by atoms with Gasteiger partial charge < -0.3 is 28.8 Å². The molecule has 0 radical (unpaired) electrons. The van der Waals surface area contributed by atoms with Gasteiger partial charge in [-0.1, -0.05) is 37.1 Å². The van der Waals surface area contributed by atoms with Crippen molar-refractivity contribution in [2.45, 2.75) is 102 Å². The summed E-state index contributed by atoms with van der Waals surface area (Å²) in [4.78, 5) is 41.7. The van der Waals surface area contributed by atoms with Gasteiger partial charge in [0, 0.05) is 59.3 Å². The molecule has 4 aliphatic rings. The van der Waals surface area contributed by atoms with Crippen molar-refractivity contribution in [2.75, 3.05) is 0 Å². The third-order valence-electron chi connectivity index (χ3n) is 18.2. The Labute approximate surface area is 511 Å². The molecule has 4 saturated carbocycles. The van der Waals surface area contributed by atoms with Crippen molar-refractivity contribution < 1.29 is 55.6 Å². The van der Waals surface area contributed by atoms with Crippen LogP contribution in [0.25, 0.3) is 44.6 Å². The van der Waals surface area contributed by atoms with Gasteiger partial charge in [-0.15, -0.1) is 0 Å². The van der Waals surface area contributed by atoms with Crippen molar-refractivity contribution in [2.24, 2.45) is 10.8 Å². The van der Waals surface area contributed by atoms with Crippen molar-refractivity contribution in [3.05, 3.63) is 225 Å². The van der Waals surface area contributed by atoms with E-state index in [0.717, 1.165) is 101 Å². The Hall–Kier alpha value is -10.3. The number of carbonyl (C=O) groups is 2. The molecule has 4 aromatic heterocycles. The highest BCUT2D eigenvalue weighted by Gasteiger charge is 2.54. The fraction of sp³-hybridized carbons (Fsp3) is 0.257.